The minimum Gasteiger partial charge on any atom is -0.367 e. The Labute approximate surface area is 125 Å². The van der Waals surface area contributed by atoms with Crippen molar-refractivity contribution in [3.63, 3.8) is 0 Å². The molecule has 0 bridgehead atoms. The minimum absolute atomic E-state index is 0.0965. The lowest BCUT2D eigenvalue weighted by Gasteiger charge is -2.20. The molecule has 6 heteroatoms. The van der Waals surface area contributed by atoms with Crippen molar-refractivity contribution in [3.05, 3.63) is 11.9 Å². The second-order valence-electron chi connectivity index (χ2n) is 6.37. The van der Waals surface area contributed by atoms with Crippen molar-refractivity contribution in [2.45, 2.75) is 56.7 Å². The van der Waals surface area contributed by atoms with Crippen molar-refractivity contribution >= 4 is 23.4 Å². The molecule has 0 radical (unpaired) electrons. The monoisotopic (exact) mass is 295 g/mol. The Balaban J connectivity index is 2.15. The summed E-state index contributed by atoms with van der Waals surface area (Å²) in [4.78, 5) is 9.08. The molecule has 0 amide bonds. The van der Waals surface area contributed by atoms with Crippen molar-refractivity contribution in [3.8, 4) is 0 Å². The lowest BCUT2D eigenvalue weighted by atomic mass is 9.96. The SMILES string of the molecule is CSC1CCC(Nc2cc(NN)nc(C(C)(C)C)n2)C1. The lowest BCUT2D eigenvalue weighted by Crippen LogP contribution is -2.22. The molecule has 2 unspecified atom stereocenters. The summed E-state index contributed by atoms with van der Waals surface area (Å²) >= 11 is 1.96. The van der Waals surface area contributed by atoms with Gasteiger partial charge in [0, 0.05) is 22.8 Å². The molecule has 1 aromatic heterocycles. The Morgan fingerprint density at radius 3 is 2.50 bits per heavy atom. The third kappa shape index (κ3) is 3.76. The maximum Gasteiger partial charge on any atom is 0.145 e. The number of rotatable bonds is 4. The number of anilines is 2. The second-order valence-corrected chi connectivity index (χ2v) is 7.51. The minimum atomic E-state index is -0.0965. The maximum absolute atomic E-state index is 5.51. The Kier molecular flexibility index (Phi) is 4.75. The van der Waals surface area contributed by atoms with E-state index in [1.165, 1.54) is 19.3 Å². The first-order chi connectivity index (χ1) is 9.42. The zero-order valence-electron chi connectivity index (χ0n) is 12.7. The van der Waals surface area contributed by atoms with Gasteiger partial charge in [-0.25, -0.2) is 15.8 Å². The van der Waals surface area contributed by atoms with Crippen LogP contribution in [0.5, 0.6) is 0 Å². The number of nitrogens with two attached hydrogens (primary N) is 1. The quantitative estimate of drug-likeness (QED) is 0.586. The number of aromatic nitrogens is 2. The van der Waals surface area contributed by atoms with Crippen LogP contribution in [-0.4, -0.2) is 27.5 Å². The van der Waals surface area contributed by atoms with E-state index in [2.05, 4.69) is 47.7 Å². The van der Waals surface area contributed by atoms with Gasteiger partial charge in [-0.2, -0.15) is 11.8 Å². The second kappa shape index (κ2) is 6.18. The Morgan fingerprint density at radius 1 is 1.25 bits per heavy atom. The number of hydrogen-bond acceptors (Lipinski definition) is 6. The zero-order valence-corrected chi connectivity index (χ0v) is 13.5. The predicted octanol–water partition coefficient (Wildman–Crippen LogP) is 2.76. The molecule has 1 saturated carbocycles. The Hall–Kier alpha value is -1.01. The summed E-state index contributed by atoms with van der Waals surface area (Å²) in [6.45, 7) is 6.31. The average Bonchev–Trinajstić information content (AvgIpc) is 2.85. The van der Waals surface area contributed by atoms with Crippen LogP contribution in [0.1, 0.15) is 45.9 Å². The predicted molar refractivity (Wildman–Crippen MR) is 87.1 cm³/mol. The van der Waals surface area contributed by atoms with Crippen LogP contribution < -0.4 is 16.6 Å². The first-order valence-electron chi connectivity index (χ1n) is 7.08. The number of hydrazine groups is 1. The van der Waals surface area contributed by atoms with Crippen molar-refractivity contribution in [2.75, 3.05) is 17.0 Å². The highest BCUT2D eigenvalue weighted by atomic mass is 32.2. The summed E-state index contributed by atoms with van der Waals surface area (Å²) in [5, 5.41) is 4.30. The normalized spacial score (nSPS) is 22.9. The van der Waals surface area contributed by atoms with Gasteiger partial charge in [0.05, 0.1) is 0 Å². The molecule has 1 aliphatic carbocycles. The van der Waals surface area contributed by atoms with E-state index in [1.807, 2.05) is 17.8 Å². The highest BCUT2D eigenvalue weighted by Gasteiger charge is 2.25. The summed E-state index contributed by atoms with van der Waals surface area (Å²) < 4.78 is 0. The van der Waals surface area contributed by atoms with E-state index in [0.717, 1.165) is 16.9 Å². The van der Waals surface area contributed by atoms with Gasteiger partial charge >= 0.3 is 0 Å². The van der Waals surface area contributed by atoms with E-state index in [-0.39, 0.29) is 5.41 Å². The van der Waals surface area contributed by atoms with E-state index in [1.54, 1.807) is 0 Å². The van der Waals surface area contributed by atoms with E-state index in [4.69, 9.17) is 5.84 Å². The van der Waals surface area contributed by atoms with Gasteiger partial charge < -0.3 is 10.7 Å². The maximum atomic E-state index is 5.51. The van der Waals surface area contributed by atoms with Crippen molar-refractivity contribution in [2.24, 2.45) is 5.84 Å². The van der Waals surface area contributed by atoms with Gasteiger partial charge in [-0.05, 0) is 25.5 Å². The van der Waals surface area contributed by atoms with Crippen LogP contribution in [0.4, 0.5) is 11.6 Å². The molecule has 0 aliphatic heterocycles. The van der Waals surface area contributed by atoms with Gasteiger partial charge in [0.25, 0.3) is 0 Å². The van der Waals surface area contributed by atoms with Crippen LogP contribution in [-0.2, 0) is 5.41 Å². The molecular formula is C14H25N5S. The number of thioether (sulfide) groups is 1. The number of nitrogens with one attached hydrogen (secondary N) is 2. The molecule has 5 nitrogen and oxygen atoms in total. The highest BCUT2D eigenvalue weighted by molar-refractivity contribution is 7.99. The van der Waals surface area contributed by atoms with Gasteiger partial charge in [-0.3, -0.25) is 0 Å². The van der Waals surface area contributed by atoms with Crippen molar-refractivity contribution in [1.82, 2.24) is 9.97 Å². The van der Waals surface area contributed by atoms with Gasteiger partial charge in [-0.15, -0.1) is 0 Å². The zero-order chi connectivity index (χ0) is 14.8. The molecule has 1 aromatic rings. The molecule has 4 N–H and O–H groups in total. The molecule has 2 rings (SSSR count). The standard InChI is InChI=1S/C14H25N5S/c1-14(2,3)13-17-11(8-12(18-13)19-15)16-9-5-6-10(7-9)20-4/h8-10H,5-7,15H2,1-4H3,(H2,16,17,18,19). The van der Waals surface area contributed by atoms with Gasteiger partial charge in [-0.1, -0.05) is 20.8 Å². The van der Waals surface area contributed by atoms with Crippen LogP contribution >= 0.6 is 11.8 Å². The molecular weight excluding hydrogens is 270 g/mol. The summed E-state index contributed by atoms with van der Waals surface area (Å²) in [6.07, 6.45) is 5.86. The van der Waals surface area contributed by atoms with Crippen LogP contribution in [0.15, 0.2) is 6.07 Å². The molecule has 1 fully saturated rings. The van der Waals surface area contributed by atoms with E-state index in [0.29, 0.717) is 11.9 Å². The number of hydrogen-bond donors (Lipinski definition) is 3. The van der Waals surface area contributed by atoms with Crippen LogP contribution in [0.3, 0.4) is 0 Å². The first kappa shape index (κ1) is 15.4. The van der Waals surface area contributed by atoms with Crippen LogP contribution in [0, 0.1) is 0 Å². The highest BCUT2D eigenvalue weighted by Crippen LogP contribution is 2.30. The van der Waals surface area contributed by atoms with E-state index < -0.39 is 0 Å². The molecule has 0 spiro atoms. The first-order valence-corrected chi connectivity index (χ1v) is 8.36. The van der Waals surface area contributed by atoms with Crippen LogP contribution in [0.2, 0.25) is 0 Å². The van der Waals surface area contributed by atoms with Gasteiger partial charge in [0.1, 0.15) is 17.5 Å². The molecule has 0 saturated heterocycles. The molecule has 1 aliphatic rings. The summed E-state index contributed by atoms with van der Waals surface area (Å²) in [7, 11) is 0. The Bertz CT molecular complexity index is 457. The Morgan fingerprint density at radius 2 is 1.95 bits per heavy atom. The summed E-state index contributed by atoms with van der Waals surface area (Å²) in [5.74, 6) is 7.84. The lowest BCUT2D eigenvalue weighted by molar-refractivity contribution is 0.546. The number of nitrogens with zero attached hydrogens (tertiary/aromatic N) is 2. The third-order valence-corrected chi connectivity index (χ3v) is 4.71. The molecule has 1 heterocycles. The van der Waals surface area contributed by atoms with Crippen LogP contribution in [0.25, 0.3) is 0 Å². The fourth-order valence-corrected chi connectivity index (χ4v) is 3.22. The molecule has 112 valence electrons. The number of nitrogen functional groups attached to an aromatic ring is 1. The van der Waals surface area contributed by atoms with Crippen molar-refractivity contribution < 1.29 is 0 Å². The fraction of sp³-hybridized carbons (Fsp3) is 0.714. The largest absolute Gasteiger partial charge is 0.367 e. The molecule has 2 atom stereocenters. The van der Waals surface area contributed by atoms with Gasteiger partial charge in [0.15, 0.2) is 0 Å². The third-order valence-electron chi connectivity index (χ3n) is 3.61. The van der Waals surface area contributed by atoms with Gasteiger partial charge in [0.2, 0.25) is 0 Å². The molecule has 0 aromatic carbocycles. The topological polar surface area (TPSA) is 75.9 Å². The fourth-order valence-electron chi connectivity index (χ4n) is 2.42. The van der Waals surface area contributed by atoms with E-state index in [9.17, 15) is 0 Å². The average molecular weight is 295 g/mol. The van der Waals surface area contributed by atoms with E-state index >= 15 is 0 Å². The smallest absolute Gasteiger partial charge is 0.145 e. The summed E-state index contributed by atoms with van der Waals surface area (Å²) in [5.41, 5.74) is 2.53. The molecule has 20 heavy (non-hydrogen) atoms. The summed E-state index contributed by atoms with van der Waals surface area (Å²) in [6, 6.07) is 2.38. The van der Waals surface area contributed by atoms with Crippen molar-refractivity contribution in [1.29, 1.82) is 0 Å².